The molecule has 1 saturated carbocycles. The molecule has 0 N–H and O–H groups in total. The van der Waals surface area contributed by atoms with Crippen molar-refractivity contribution in [3.63, 3.8) is 0 Å². The van der Waals surface area contributed by atoms with Crippen molar-refractivity contribution in [1.82, 2.24) is 0 Å². The van der Waals surface area contributed by atoms with Gasteiger partial charge in [0.25, 0.3) is 0 Å². The molecular weight excluding hydrogens is 163 g/mol. The maximum atomic E-state index is 2.33. The van der Waals surface area contributed by atoms with Crippen LogP contribution < -0.4 is 0 Å². The molecule has 0 spiro atoms. The van der Waals surface area contributed by atoms with Gasteiger partial charge in [-0.2, -0.15) is 0 Å². The van der Waals surface area contributed by atoms with Crippen molar-refractivity contribution in [3.05, 3.63) is 0 Å². The van der Waals surface area contributed by atoms with Gasteiger partial charge in [0, 0.05) is 0 Å². The van der Waals surface area contributed by atoms with E-state index in [1.54, 1.807) is 0 Å². The first-order valence-corrected chi connectivity index (χ1v) is 6.86. The maximum absolute atomic E-state index is 2.33. The van der Waals surface area contributed by atoms with Crippen molar-refractivity contribution in [2.45, 2.75) is 69.8 Å². The van der Waals surface area contributed by atoms with E-state index in [1.165, 1.54) is 62.9 Å². The Morgan fingerprint density at radius 1 is 0.929 bits per heavy atom. The molecule has 0 aromatic carbocycles. The minimum absolute atomic E-state index is 1.09. The topological polar surface area (TPSA) is 0 Å². The fraction of sp³-hybridized carbons (Fsp3) is 1.00. The van der Waals surface area contributed by atoms with E-state index in [0.717, 1.165) is 11.8 Å². The molecule has 0 aliphatic heterocycles. The quantitative estimate of drug-likeness (QED) is 0.429. The van der Waals surface area contributed by atoms with Gasteiger partial charge in [-0.3, -0.25) is 0 Å². The van der Waals surface area contributed by atoms with Crippen LogP contribution in [0.3, 0.4) is 0 Å². The van der Waals surface area contributed by atoms with Crippen molar-refractivity contribution < 1.29 is 0 Å². The van der Waals surface area contributed by atoms with Gasteiger partial charge in [0.2, 0.25) is 0 Å². The van der Waals surface area contributed by atoms with Crippen molar-refractivity contribution in [3.8, 4) is 0 Å². The zero-order valence-corrected chi connectivity index (χ0v) is 10.2. The molecule has 0 aromatic heterocycles. The minimum atomic E-state index is 1.09. The van der Waals surface area contributed by atoms with E-state index in [1.807, 2.05) is 0 Å². The Labute approximate surface area is 99.4 Å². The average molecular weight is 188 g/mol. The summed E-state index contributed by atoms with van der Waals surface area (Å²) in [6.45, 7) is 2.30. The normalized spacial score (nSPS) is 27.9. The summed E-state index contributed by atoms with van der Waals surface area (Å²) in [6, 6.07) is 0. The monoisotopic (exact) mass is 188 g/mol. The first kappa shape index (κ1) is 12.7. The Morgan fingerprint density at radius 2 is 1.50 bits per heavy atom. The van der Waals surface area contributed by atoms with E-state index in [4.69, 9.17) is 0 Å². The van der Waals surface area contributed by atoms with Crippen molar-refractivity contribution in [2.24, 2.45) is 11.8 Å². The molecule has 0 radical (unpaired) electrons. The van der Waals surface area contributed by atoms with Crippen molar-refractivity contribution in [2.75, 3.05) is 0 Å². The van der Waals surface area contributed by atoms with Crippen LogP contribution in [0.25, 0.3) is 0 Å². The molecule has 0 unspecified atom stereocenters. The van der Waals surface area contributed by atoms with E-state index in [9.17, 15) is 0 Å². The predicted octanol–water partition coefficient (Wildman–Crippen LogP) is 4.35. The van der Waals surface area contributed by atoms with Gasteiger partial charge in [-0.1, -0.05) is 0 Å². The third-order valence-electron chi connectivity index (χ3n) is 3.88. The molecule has 78 valence electrons. The summed E-state index contributed by atoms with van der Waals surface area (Å²) in [5.41, 5.74) is 0. The van der Waals surface area contributed by atoms with E-state index < -0.39 is 0 Å². The number of unbranched alkanes of at least 4 members (excludes halogenated alkanes) is 2. The van der Waals surface area contributed by atoms with Crippen LogP contribution in [-0.4, -0.2) is 17.7 Å². The van der Waals surface area contributed by atoms with Gasteiger partial charge in [0.05, 0.1) is 0 Å². The molecule has 14 heavy (non-hydrogen) atoms. The molecule has 1 aliphatic rings. The van der Waals surface area contributed by atoms with Gasteiger partial charge in [-0.15, -0.1) is 0 Å². The fourth-order valence-corrected chi connectivity index (χ4v) is 2.90. The third-order valence-corrected chi connectivity index (χ3v) is 3.88. The molecule has 1 heteroatoms. The van der Waals surface area contributed by atoms with Crippen LogP contribution >= 0.6 is 0 Å². The van der Waals surface area contributed by atoms with Gasteiger partial charge in [-0.05, 0) is 0 Å². The van der Waals surface area contributed by atoms with Gasteiger partial charge in [-0.25, -0.2) is 0 Å². The summed E-state index contributed by atoms with van der Waals surface area (Å²) in [7, 11) is 0. The Hall–Kier alpha value is 0.597. The van der Waals surface area contributed by atoms with Crippen LogP contribution in [0, 0.1) is 11.8 Å². The van der Waals surface area contributed by atoms with E-state index in [2.05, 4.69) is 24.6 Å². The summed E-state index contributed by atoms with van der Waals surface area (Å²) < 4.78 is 0. The van der Waals surface area contributed by atoms with E-state index in [0.29, 0.717) is 0 Å². The van der Waals surface area contributed by atoms with Gasteiger partial charge in [0.15, 0.2) is 0 Å². The molecule has 1 rings (SSSR count). The number of rotatable bonds is 6. The first-order valence-electron chi connectivity index (χ1n) is 6.86. The molecule has 1 fully saturated rings. The van der Waals surface area contributed by atoms with Crippen LogP contribution in [0.15, 0.2) is 0 Å². The summed E-state index contributed by atoms with van der Waals surface area (Å²) in [5.74, 6) is 2.18. The summed E-state index contributed by atoms with van der Waals surface area (Å²) in [4.78, 5) is 0. The van der Waals surface area contributed by atoms with Crippen molar-refractivity contribution >= 4 is 17.7 Å². The summed E-state index contributed by atoms with van der Waals surface area (Å²) >= 11 is 2.33. The molecule has 0 atom stereocenters. The van der Waals surface area contributed by atoms with Crippen LogP contribution in [0.5, 0.6) is 0 Å². The average Bonchev–Trinajstić information content (AvgIpc) is 2.21. The molecule has 0 nitrogen and oxygen atoms in total. The van der Waals surface area contributed by atoms with Crippen LogP contribution in [-0.2, 0) is 0 Å². The zero-order valence-electron chi connectivity index (χ0n) is 10.2. The zero-order chi connectivity index (χ0) is 10.2. The molecule has 0 amide bonds. The molecule has 0 bridgehead atoms. The van der Waals surface area contributed by atoms with Crippen LogP contribution in [0.2, 0.25) is 5.09 Å². The Balaban J connectivity index is 2.03. The van der Waals surface area contributed by atoms with Crippen LogP contribution in [0.1, 0.15) is 64.7 Å². The molecular formula is C13H25Li. The predicted molar refractivity (Wildman–Crippen MR) is 64.8 cm³/mol. The Bertz CT molecular complexity index is 125. The second-order valence-electron chi connectivity index (χ2n) is 5.17. The Morgan fingerprint density at radius 3 is 2.00 bits per heavy atom. The molecule has 1 aliphatic carbocycles. The van der Waals surface area contributed by atoms with Gasteiger partial charge in [0.1, 0.15) is 0 Å². The van der Waals surface area contributed by atoms with Gasteiger partial charge < -0.3 is 0 Å². The second kappa shape index (κ2) is 7.83. The fourth-order valence-electron chi connectivity index (χ4n) is 2.90. The summed E-state index contributed by atoms with van der Waals surface area (Å²) in [5, 5.41) is 1.39. The first-order chi connectivity index (χ1) is 6.86. The van der Waals surface area contributed by atoms with E-state index in [-0.39, 0.29) is 0 Å². The molecule has 0 saturated heterocycles. The van der Waals surface area contributed by atoms with Crippen molar-refractivity contribution in [1.29, 1.82) is 0 Å². The SMILES string of the molecule is [Li][CH2]C[C@H]1CC[C@H](CCCCC)CC1. The Kier molecular flexibility index (Phi) is 7.09. The summed E-state index contributed by atoms with van der Waals surface area (Å²) in [6.07, 6.45) is 13.5. The standard InChI is InChI=1S/C13H25.Li/c1-3-5-6-7-13-10-8-12(4-2)9-11-13;/h12-13H,2-11H2,1H3;/t12-,13-;. The third kappa shape index (κ3) is 4.90. The van der Waals surface area contributed by atoms with Crippen LogP contribution in [0.4, 0.5) is 0 Å². The number of hydrogen-bond donors (Lipinski definition) is 0. The van der Waals surface area contributed by atoms with Gasteiger partial charge >= 0.3 is 99.4 Å². The number of hydrogen-bond acceptors (Lipinski definition) is 0. The molecule has 0 aromatic rings. The molecule has 0 heterocycles. The van der Waals surface area contributed by atoms with E-state index >= 15 is 0 Å². The second-order valence-corrected chi connectivity index (χ2v) is 5.17.